The number of hydrogen-bond donors (Lipinski definition) is 1. The van der Waals surface area contributed by atoms with E-state index in [9.17, 15) is 0 Å². The van der Waals surface area contributed by atoms with Gasteiger partial charge in [-0.2, -0.15) is 0 Å². The van der Waals surface area contributed by atoms with Gasteiger partial charge in [0.05, 0.1) is 0 Å². The Kier molecular flexibility index (Phi) is 3.20. The average molecular weight is 327 g/mol. The molecular formula is C14H18IN. The van der Waals surface area contributed by atoms with Gasteiger partial charge in [-0.3, -0.25) is 0 Å². The standard InChI is InChI=1S/C14H18IN/c15-14-11-6-2-1-5-10(11)9-16-13-8-4-3-7-12(13)14/h1-2,5-6,12-14,16H,3-4,7-9H2. The molecule has 1 nitrogen and oxygen atoms in total. The summed E-state index contributed by atoms with van der Waals surface area (Å²) in [7, 11) is 0. The smallest absolute Gasteiger partial charge is 0.0405 e. The maximum absolute atomic E-state index is 3.77. The van der Waals surface area contributed by atoms with Crippen molar-refractivity contribution >= 4 is 22.6 Å². The lowest BCUT2D eigenvalue weighted by atomic mass is 9.81. The minimum absolute atomic E-state index is 0.703. The molecule has 2 heteroatoms. The van der Waals surface area contributed by atoms with Crippen molar-refractivity contribution in [2.75, 3.05) is 0 Å². The van der Waals surface area contributed by atoms with Crippen LogP contribution in [0.1, 0.15) is 40.7 Å². The molecule has 0 aromatic heterocycles. The third-order valence-electron chi connectivity index (χ3n) is 4.10. The van der Waals surface area contributed by atoms with E-state index in [4.69, 9.17) is 0 Å². The van der Waals surface area contributed by atoms with Gasteiger partial charge in [0, 0.05) is 16.5 Å². The van der Waals surface area contributed by atoms with Crippen molar-refractivity contribution in [3.8, 4) is 0 Å². The van der Waals surface area contributed by atoms with Gasteiger partial charge in [-0.25, -0.2) is 0 Å². The first-order valence-corrected chi connectivity index (χ1v) is 7.56. The van der Waals surface area contributed by atoms with E-state index in [1.54, 1.807) is 5.56 Å². The van der Waals surface area contributed by atoms with E-state index < -0.39 is 0 Å². The van der Waals surface area contributed by atoms with Gasteiger partial charge < -0.3 is 5.32 Å². The van der Waals surface area contributed by atoms with Crippen LogP contribution >= 0.6 is 22.6 Å². The van der Waals surface area contributed by atoms with E-state index in [-0.39, 0.29) is 0 Å². The maximum Gasteiger partial charge on any atom is 0.0405 e. The zero-order chi connectivity index (χ0) is 11.0. The molecule has 2 aliphatic rings. The summed E-state index contributed by atoms with van der Waals surface area (Å²) >= 11 is 2.67. The molecule has 0 bridgehead atoms. The quantitative estimate of drug-likeness (QED) is 0.564. The van der Waals surface area contributed by atoms with Crippen LogP contribution in [0.3, 0.4) is 0 Å². The van der Waals surface area contributed by atoms with Crippen LogP contribution in [0.4, 0.5) is 0 Å². The molecule has 16 heavy (non-hydrogen) atoms. The highest BCUT2D eigenvalue weighted by atomic mass is 127. The fourth-order valence-corrected chi connectivity index (χ4v) is 4.67. The second-order valence-corrected chi connectivity index (χ2v) is 6.38. The molecule has 3 rings (SSSR count). The van der Waals surface area contributed by atoms with Crippen LogP contribution in [0.15, 0.2) is 24.3 Å². The second kappa shape index (κ2) is 4.65. The number of nitrogens with one attached hydrogen (secondary N) is 1. The summed E-state index contributed by atoms with van der Waals surface area (Å²) in [6.07, 6.45) is 5.61. The fraction of sp³-hybridized carbons (Fsp3) is 0.571. The highest BCUT2D eigenvalue weighted by Crippen LogP contribution is 2.43. The van der Waals surface area contributed by atoms with Gasteiger partial charge >= 0.3 is 0 Å². The predicted molar refractivity (Wildman–Crippen MR) is 75.8 cm³/mol. The van der Waals surface area contributed by atoms with E-state index in [1.165, 1.54) is 31.2 Å². The molecule has 0 amide bonds. The van der Waals surface area contributed by atoms with Crippen molar-refractivity contribution in [2.24, 2.45) is 5.92 Å². The molecule has 1 N–H and O–H groups in total. The minimum atomic E-state index is 0.703. The van der Waals surface area contributed by atoms with Crippen molar-refractivity contribution in [3.63, 3.8) is 0 Å². The van der Waals surface area contributed by atoms with Gasteiger partial charge in [-0.1, -0.05) is 59.7 Å². The van der Waals surface area contributed by atoms with E-state index in [0.717, 1.165) is 18.5 Å². The molecule has 1 aliphatic heterocycles. The number of rotatable bonds is 0. The van der Waals surface area contributed by atoms with E-state index in [1.807, 2.05) is 0 Å². The first-order valence-electron chi connectivity index (χ1n) is 6.31. The van der Waals surface area contributed by atoms with E-state index in [2.05, 4.69) is 52.2 Å². The van der Waals surface area contributed by atoms with Crippen molar-refractivity contribution in [2.45, 2.75) is 42.2 Å². The van der Waals surface area contributed by atoms with Crippen LogP contribution in [0, 0.1) is 5.92 Å². The lowest BCUT2D eigenvalue weighted by molar-refractivity contribution is 0.269. The van der Waals surface area contributed by atoms with Crippen molar-refractivity contribution in [1.29, 1.82) is 0 Å². The van der Waals surface area contributed by atoms with E-state index >= 15 is 0 Å². The summed E-state index contributed by atoms with van der Waals surface area (Å²) < 4.78 is 0.703. The van der Waals surface area contributed by atoms with Crippen LogP contribution in [-0.4, -0.2) is 6.04 Å². The SMILES string of the molecule is IC1c2ccccc2CNC2CCCCC21. The highest BCUT2D eigenvalue weighted by molar-refractivity contribution is 14.1. The molecule has 1 aromatic rings. The zero-order valence-electron chi connectivity index (χ0n) is 9.45. The normalized spacial score (nSPS) is 33.7. The van der Waals surface area contributed by atoms with Gasteiger partial charge in [-0.15, -0.1) is 0 Å². The fourth-order valence-electron chi connectivity index (χ4n) is 3.20. The van der Waals surface area contributed by atoms with Crippen LogP contribution in [0.2, 0.25) is 0 Å². The van der Waals surface area contributed by atoms with Gasteiger partial charge in [-0.05, 0) is 29.9 Å². The number of fused-ring (bicyclic) bond motifs is 2. The Morgan fingerprint density at radius 3 is 2.88 bits per heavy atom. The molecule has 0 radical (unpaired) electrons. The van der Waals surface area contributed by atoms with Gasteiger partial charge in [0.2, 0.25) is 0 Å². The summed E-state index contributed by atoms with van der Waals surface area (Å²) in [5.41, 5.74) is 3.08. The van der Waals surface area contributed by atoms with Crippen molar-refractivity contribution in [1.82, 2.24) is 5.32 Å². The Bertz CT molecular complexity index is 377. The first-order chi connectivity index (χ1) is 7.86. The third-order valence-corrected chi connectivity index (χ3v) is 5.70. The largest absolute Gasteiger partial charge is 0.310 e. The number of hydrogen-bond acceptors (Lipinski definition) is 1. The molecule has 1 aliphatic carbocycles. The number of alkyl halides is 1. The molecule has 0 saturated heterocycles. The average Bonchev–Trinajstić information content (AvgIpc) is 2.49. The number of benzene rings is 1. The Morgan fingerprint density at radius 2 is 1.94 bits per heavy atom. The minimum Gasteiger partial charge on any atom is -0.310 e. The molecule has 1 saturated carbocycles. The van der Waals surface area contributed by atoms with Crippen LogP contribution in [0.5, 0.6) is 0 Å². The lowest BCUT2D eigenvalue weighted by Gasteiger charge is -2.33. The summed E-state index contributed by atoms with van der Waals surface area (Å²) in [6, 6.07) is 9.71. The number of halogens is 1. The van der Waals surface area contributed by atoms with Gasteiger partial charge in [0.1, 0.15) is 0 Å². The Hall–Kier alpha value is -0.0900. The molecular weight excluding hydrogens is 309 g/mol. The van der Waals surface area contributed by atoms with E-state index in [0.29, 0.717) is 3.92 Å². The Balaban J connectivity index is 1.96. The monoisotopic (exact) mass is 327 g/mol. The van der Waals surface area contributed by atoms with Crippen LogP contribution in [-0.2, 0) is 6.54 Å². The molecule has 1 heterocycles. The van der Waals surface area contributed by atoms with Crippen LogP contribution in [0.25, 0.3) is 0 Å². The molecule has 3 atom stereocenters. The van der Waals surface area contributed by atoms with Gasteiger partial charge in [0.15, 0.2) is 0 Å². The molecule has 1 aromatic carbocycles. The molecule has 1 fully saturated rings. The highest BCUT2D eigenvalue weighted by Gasteiger charge is 2.33. The molecule has 86 valence electrons. The summed E-state index contributed by atoms with van der Waals surface area (Å²) in [5.74, 6) is 0.845. The summed E-state index contributed by atoms with van der Waals surface area (Å²) in [5, 5.41) is 3.77. The topological polar surface area (TPSA) is 12.0 Å². The van der Waals surface area contributed by atoms with Crippen molar-refractivity contribution < 1.29 is 0 Å². The second-order valence-electron chi connectivity index (χ2n) is 5.04. The van der Waals surface area contributed by atoms with Crippen LogP contribution < -0.4 is 5.32 Å². The third kappa shape index (κ3) is 1.90. The Labute approximate surface area is 111 Å². The lowest BCUT2D eigenvalue weighted by Crippen LogP contribution is -2.37. The zero-order valence-corrected chi connectivity index (χ0v) is 11.6. The maximum atomic E-state index is 3.77. The van der Waals surface area contributed by atoms with Gasteiger partial charge in [0.25, 0.3) is 0 Å². The predicted octanol–water partition coefficient (Wildman–Crippen LogP) is 3.82. The summed E-state index contributed by atoms with van der Waals surface area (Å²) in [6.45, 7) is 1.07. The first kappa shape index (κ1) is 11.0. The molecule has 0 spiro atoms. The summed E-state index contributed by atoms with van der Waals surface area (Å²) in [4.78, 5) is 0. The van der Waals surface area contributed by atoms with Crippen molar-refractivity contribution in [3.05, 3.63) is 35.4 Å². The Morgan fingerprint density at radius 1 is 1.12 bits per heavy atom. The molecule has 3 unspecified atom stereocenters.